The second-order valence-electron chi connectivity index (χ2n) is 4.98. The highest BCUT2D eigenvalue weighted by atomic mass is 16.5. The van der Waals surface area contributed by atoms with E-state index in [2.05, 4.69) is 23.9 Å². The molecular weight excluding hydrogens is 232 g/mol. The van der Waals surface area contributed by atoms with Crippen molar-refractivity contribution in [2.45, 2.75) is 32.2 Å². The number of ether oxygens (including phenoxy) is 1. The fourth-order valence-electron chi connectivity index (χ4n) is 2.18. The SMILES string of the molecule is CCOC(=O)CCC(=O)CN1CCC(N(C)C)C1. The molecule has 1 unspecified atom stereocenters. The molecule has 104 valence electrons. The lowest BCUT2D eigenvalue weighted by Crippen LogP contribution is -2.33. The van der Waals surface area contributed by atoms with Gasteiger partial charge in [0.15, 0.2) is 0 Å². The summed E-state index contributed by atoms with van der Waals surface area (Å²) in [5, 5.41) is 0. The average Bonchev–Trinajstić information content (AvgIpc) is 2.75. The molecule has 18 heavy (non-hydrogen) atoms. The molecule has 1 atom stereocenters. The van der Waals surface area contributed by atoms with Gasteiger partial charge in [0.2, 0.25) is 0 Å². The number of Topliss-reactive ketones (excluding diaryl/α,β-unsaturated/α-hetero) is 1. The molecule has 1 fully saturated rings. The maximum atomic E-state index is 11.7. The van der Waals surface area contributed by atoms with Crippen LogP contribution in [0, 0.1) is 0 Å². The van der Waals surface area contributed by atoms with E-state index in [1.807, 2.05) is 0 Å². The van der Waals surface area contributed by atoms with Gasteiger partial charge in [0.1, 0.15) is 5.78 Å². The lowest BCUT2D eigenvalue weighted by Gasteiger charge is -2.19. The van der Waals surface area contributed by atoms with Gasteiger partial charge in [-0.15, -0.1) is 0 Å². The van der Waals surface area contributed by atoms with Crippen molar-refractivity contribution in [3.8, 4) is 0 Å². The molecule has 0 saturated carbocycles. The van der Waals surface area contributed by atoms with Crippen LogP contribution in [0.5, 0.6) is 0 Å². The molecule has 5 nitrogen and oxygen atoms in total. The average molecular weight is 256 g/mol. The molecule has 0 aromatic carbocycles. The molecule has 0 amide bonds. The van der Waals surface area contributed by atoms with Crippen molar-refractivity contribution in [3.05, 3.63) is 0 Å². The molecule has 0 N–H and O–H groups in total. The summed E-state index contributed by atoms with van der Waals surface area (Å²) in [6, 6.07) is 0.544. The lowest BCUT2D eigenvalue weighted by atomic mass is 10.2. The van der Waals surface area contributed by atoms with Crippen LogP contribution in [0.2, 0.25) is 0 Å². The van der Waals surface area contributed by atoms with Crippen molar-refractivity contribution in [2.75, 3.05) is 40.3 Å². The van der Waals surface area contributed by atoms with E-state index in [-0.39, 0.29) is 18.2 Å². The summed E-state index contributed by atoms with van der Waals surface area (Å²) in [5.41, 5.74) is 0. The van der Waals surface area contributed by atoms with E-state index < -0.39 is 0 Å². The Kier molecular flexibility index (Phi) is 6.29. The molecule has 1 saturated heterocycles. The summed E-state index contributed by atoms with van der Waals surface area (Å²) < 4.78 is 4.80. The minimum atomic E-state index is -0.279. The zero-order valence-corrected chi connectivity index (χ0v) is 11.6. The minimum Gasteiger partial charge on any atom is -0.466 e. The van der Waals surface area contributed by atoms with Crippen molar-refractivity contribution in [2.24, 2.45) is 0 Å². The van der Waals surface area contributed by atoms with Crippen molar-refractivity contribution in [1.29, 1.82) is 0 Å². The van der Waals surface area contributed by atoms with Crippen molar-refractivity contribution >= 4 is 11.8 Å². The summed E-state index contributed by atoms with van der Waals surface area (Å²) in [5.74, 6) is -0.152. The van der Waals surface area contributed by atoms with Crippen LogP contribution in [0.15, 0.2) is 0 Å². The summed E-state index contributed by atoms with van der Waals surface area (Å²) >= 11 is 0. The number of rotatable bonds is 7. The Hall–Kier alpha value is -0.940. The smallest absolute Gasteiger partial charge is 0.306 e. The Morgan fingerprint density at radius 3 is 2.61 bits per heavy atom. The first-order chi connectivity index (χ1) is 8.52. The first-order valence-electron chi connectivity index (χ1n) is 6.59. The molecule has 5 heteroatoms. The van der Waals surface area contributed by atoms with E-state index in [0.717, 1.165) is 19.5 Å². The standard InChI is InChI=1S/C13H24N2O3/c1-4-18-13(17)6-5-12(16)10-15-8-7-11(9-15)14(2)3/h11H,4-10H2,1-3H3. The second kappa shape index (κ2) is 7.48. The number of nitrogens with zero attached hydrogens (tertiary/aromatic N) is 2. The highest BCUT2D eigenvalue weighted by Gasteiger charge is 2.25. The topological polar surface area (TPSA) is 49.9 Å². The van der Waals surface area contributed by atoms with Gasteiger partial charge < -0.3 is 9.64 Å². The van der Waals surface area contributed by atoms with Crippen LogP contribution in [0.1, 0.15) is 26.2 Å². The van der Waals surface area contributed by atoms with E-state index in [4.69, 9.17) is 4.74 Å². The van der Waals surface area contributed by atoms with Gasteiger partial charge in [-0.1, -0.05) is 0 Å². The van der Waals surface area contributed by atoms with Crippen LogP contribution < -0.4 is 0 Å². The fourth-order valence-corrected chi connectivity index (χ4v) is 2.18. The second-order valence-corrected chi connectivity index (χ2v) is 4.98. The Bertz CT molecular complexity index is 292. The first kappa shape index (κ1) is 15.1. The lowest BCUT2D eigenvalue weighted by molar-refractivity contribution is -0.144. The van der Waals surface area contributed by atoms with Crippen LogP contribution in [0.25, 0.3) is 0 Å². The normalized spacial score (nSPS) is 20.3. The zero-order valence-electron chi connectivity index (χ0n) is 11.6. The van der Waals surface area contributed by atoms with Gasteiger partial charge in [0.25, 0.3) is 0 Å². The number of likely N-dealkylation sites (N-methyl/N-ethyl adjacent to an activating group) is 1. The third kappa shape index (κ3) is 5.14. The van der Waals surface area contributed by atoms with Crippen LogP contribution in [-0.2, 0) is 14.3 Å². The molecule has 0 aromatic heterocycles. The van der Waals surface area contributed by atoms with Gasteiger partial charge in [-0.05, 0) is 27.4 Å². The van der Waals surface area contributed by atoms with E-state index in [0.29, 0.717) is 25.6 Å². The van der Waals surface area contributed by atoms with Crippen LogP contribution >= 0.6 is 0 Å². The van der Waals surface area contributed by atoms with Gasteiger partial charge in [0.05, 0.1) is 19.6 Å². The maximum absolute atomic E-state index is 11.7. The quantitative estimate of drug-likeness (QED) is 0.622. The number of ketones is 1. The highest BCUT2D eigenvalue weighted by molar-refractivity contribution is 5.84. The van der Waals surface area contributed by atoms with Gasteiger partial charge in [-0.2, -0.15) is 0 Å². The molecule has 1 heterocycles. The van der Waals surface area contributed by atoms with Gasteiger partial charge in [0, 0.05) is 25.6 Å². The number of hydrogen-bond donors (Lipinski definition) is 0. The predicted octanol–water partition coefficient (Wildman–Crippen LogP) is 0.535. The van der Waals surface area contributed by atoms with Crippen molar-refractivity contribution < 1.29 is 14.3 Å². The molecule has 1 rings (SSSR count). The van der Waals surface area contributed by atoms with Crippen molar-refractivity contribution in [3.63, 3.8) is 0 Å². The van der Waals surface area contributed by atoms with Crippen LogP contribution in [0.3, 0.4) is 0 Å². The van der Waals surface area contributed by atoms with Crippen LogP contribution in [-0.4, -0.2) is 67.9 Å². The number of hydrogen-bond acceptors (Lipinski definition) is 5. The van der Waals surface area contributed by atoms with Gasteiger partial charge in [-0.3, -0.25) is 14.5 Å². The van der Waals surface area contributed by atoms with Gasteiger partial charge >= 0.3 is 5.97 Å². The summed E-state index contributed by atoms with van der Waals surface area (Å²) in [6.07, 6.45) is 1.61. The predicted molar refractivity (Wildman–Crippen MR) is 69.4 cm³/mol. The fraction of sp³-hybridized carbons (Fsp3) is 0.846. The van der Waals surface area contributed by atoms with Gasteiger partial charge in [-0.25, -0.2) is 0 Å². The molecule has 1 aliphatic heterocycles. The molecule has 0 aliphatic carbocycles. The molecule has 0 bridgehead atoms. The minimum absolute atomic E-state index is 0.127. The summed E-state index contributed by atoms with van der Waals surface area (Å²) in [6.45, 7) is 4.52. The van der Waals surface area contributed by atoms with E-state index in [1.54, 1.807) is 6.92 Å². The van der Waals surface area contributed by atoms with Crippen LogP contribution in [0.4, 0.5) is 0 Å². The third-order valence-corrected chi connectivity index (χ3v) is 3.29. The zero-order chi connectivity index (χ0) is 13.5. The monoisotopic (exact) mass is 256 g/mol. The third-order valence-electron chi connectivity index (χ3n) is 3.29. The van der Waals surface area contributed by atoms with E-state index in [1.165, 1.54) is 0 Å². The summed E-state index contributed by atoms with van der Waals surface area (Å²) in [4.78, 5) is 27.2. The number of carbonyl (C=O) groups is 2. The number of esters is 1. The Balaban J connectivity index is 2.19. The highest BCUT2D eigenvalue weighted by Crippen LogP contribution is 2.13. The number of likely N-dealkylation sites (tertiary alicyclic amines) is 1. The van der Waals surface area contributed by atoms with Crippen molar-refractivity contribution in [1.82, 2.24) is 9.80 Å². The Morgan fingerprint density at radius 2 is 2.06 bits per heavy atom. The van der Waals surface area contributed by atoms with E-state index >= 15 is 0 Å². The van der Waals surface area contributed by atoms with E-state index in [9.17, 15) is 9.59 Å². The number of carbonyl (C=O) groups excluding carboxylic acids is 2. The molecular formula is C13H24N2O3. The Labute approximate surface area is 109 Å². The Morgan fingerprint density at radius 1 is 1.33 bits per heavy atom. The first-order valence-corrected chi connectivity index (χ1v) is 6.59. The molecule has 0 aromatic rings. The molecule has 0 spiro atoms. The molecule has 0 radical (unpaired) electrons. The maximum Gasteiger partial charge on any atom is 0.306 e. The largest absolute Gasteiger partial charge is 0.466 e. The summed E-state index contributed by atoms with van der Waals surface area (Å²) in [7, 11) is 4.13. The molecule has 1 aliphatic rings.